The van der Waals surface area contributed by atoms with Gasteiger partial charge in [0.1, 0.15) is 5.82 Å². The second-order valence-corrected chi connectivity index (χ2v) is 3.46. The third kappa shape index (κ3) is 3.29. The van der Waals surface area contributed by atoms with Gasteiger partial charge < -0.3 is 15.6 Å². The molecule has 0 amide bonds. The zero-order valence-electron chi connectivity index (χ0n) is 8.89. The van der Waals surface area contributed by atoms with Crippen molar-refractivity contribution >= 4 is 5.97 Å². The lowest BCUT2D eigenvalue weighted by Crippen LogP contribution is -2.42. The van der Waals surface area contributed by atoms with Crippen LogP contribution in [0.1, 0.15) is 5.56 Å². The van der Waals surface area contributed by atoms with Crippen molar-refractivity contribution in [2.24, 2.45) is 5.73 Å². The van der Waals surface area contributed by atoms with E-state index < -0.39 is 18.1 Å². The first-order valence-corrected chi connectivity index (χ1v) is 4.80. The summed E-state index contributed by atoms with van der Waals surface area (Å²) < 4.78 is 17.0. The molecule has 0 radical (unpaired) electrons. The topological polar surface area (TPSA) is 72.5 Å². The molecule has 0 bridgehead atoms. The molecular weight excluding hydrogens is 213 g/mol. The number of aliphatic hydroxyl groups excluding tert-OH is 1. The zero-order chi connectivity index (χ0) is 12.1. The second-order valence-electron chi connectivity index (χ2n) is 3.46. The maximum Gasteiger partial charge on any atom is 0.336 e. The third-order valence-electron chi connectivity index (χ3n) is 2.23. The molecule has 1 aromatic carbocycles. The van der Waals surface area contributed by atoms with Crippen molar-refractivity contribution < 1.29 is 19.0 Å². The van der Waals surface area contributed by atoms with E-state index in [1.54, 1.807) is 12.1 Å². The van der Waals surface area contributed by atoms with Crippen LogP contribution < -0.4 is 5.73 Å². The predicted octanol–water partition coefficient (Wildman–Crippen LogP) is 0.229. The molecule has 1 aromatic rings. The van der Waals surface area contributed by atoms with Gasteiger partial charge in [-0.1, -0.05) is 12.1 Å². The minimum absolute atomic E-state index is 0.274. The van der Waals surface area contributed by atoms with E-state index >= 15 is 0 Å². The van der Waals surface area contributed by atoms with Crippen molar-refractivity contribution in [1.29, 1.82) is 0 Å². The van der Waals surface area contributed by atoms with Gasteiger partial charge in [0.2, 0.25) is 0 Å². The number of nitrogens with two attached hydrogens (primary N) is 1. The summed E-state index contributed by atoms with van der Waals surface area (Å²) in [5, 5.41) is 9.43. The molecule has 88 valence electrons. The van der Waals surface area contributed by atoms with Crippen LogP contribution >= 0.6 is 0 Å². The maximum absolute atomic E-state index is 12.6. The first kappa shape index (κ1) is 12.6. The van der Waals surface area contributed by atoms with Crippen molar-refractivity contribution in [2.45, 2.75) is 18.6 Å². The average Bonchev–Trinajstić information content (AvgIpc) is 2.30. The molecule has 0 aliphatic carbocycles. The lowest BCUT2D eigenvalue weighted by molar-refractivity contribution is -0.151. The molecule has 0 saturated carbocycles. The Morgan fingerprint density at radius 2 is 2.06 bits per heavy atom. The molecule has 0 fully saturated rings. The molecule has 0 aliphatic rings. The summed E-state index contributed by atoms with van der Waals surface area (Å²) in [5.74, 6) is -1.11. The maximum atomic E-state index is 12.6. The van der Waals surface area contributed by atoms with Crippen LogP contribution in [0.15, 0.2) is 24.3 Å². The Kier molecular flexibility index (Phi) is 4.39. The zero-order valence-corrected chi connectivity index (χ0v) is 8.89. The molecule has 3 N–H and O–H groups in total. The van der Waals surface area contributed by atoms with E-state index in [9.17, 15) is 14.3 Å². The number of carbonyl (C=O) groups excluding carboxylic acids is 1. The Balaban J connectivity index is 2.60. The van der Waals surface area contributed by atoms with E-state index in [2.05, 4.69) is 4.74 Å². The van der Waals surface area contributed by atoms with Crippen LogP contribution in [0.4, 0.5) is 4.39 Å². The number of methoxy groups -OCH3 is 1. The Bertz CT molecular complexity index is 353. The molecule has 5 heteroatoms. The van der Waals surface area contributed by atoms with Crippen molar-refractivity contribution in [3.05, 3.63) is 35.6 Å². The fourth-order valence-electron chi connectivity index (χ4n) is 1.30. The van der Waals surface area contributed by atoms with E-state index in [0.717, 1.165) is 5.56 Å². The number of ether oxygens (including phenoxy) is 1. The van der Waals surface area contributed by atoms with Gasteiger partial charge in [-0.15, -0.1) is 0 Å². The van der Waals surface area contributed by atoms with Crippen molar-refractivity contribution in [2.75, 3.05) is 7.11 Å². The van der Waals surface area contributed by atoms with Crippen LogP contribution in [0.25, 0.3) is 0 Å². The largest absolute Gasteiger partial charge is 0.467 e. The molecule has 1 rings (SSSR count). The van der Waals surface area contributed by atoms with Gasteiger partial charge in [0.05, 0.1) is 7.11 Å². The summed E-state index contributed by atoms with van der Waals surface area (Å²) >= 11 is 0. The summed E-state index contributed by atoms with van der Waals surface area (Å²) in [7, 11) is 1.18. The fourth-order valence-corrected chi connectivity index (χ4v) is 1.30. The summed E-state index contributed by atoms with van der Waals surface area (Å²) in [6.07, 6.45) is -1.09. The minimum atomic E-state index is -1.37. The smallest absolute Gasteiger partial charge is 0.336 e. The predicted molar refractivity (Wildman–Crippen MR) is 56.1 cm³/mol. The van der Waals surface area contributed by atoms with Crippen LogP contribution in [0.2, 0.25) is 0 Å². The normalized spacial score (nSPS) is 14.2. The average molecular weight is 227 g/mol. The van der Waals surface area contributed by atoms with Crippen LogP contribution in [-0.4, -0.2) is 30.3 Å². The number of benzene rings is 1. The van der Waals surface area contributed by atoms with Gasteiger partial charge >= 0.3 is 5.97 Å². The molecule has 0 heterocycles. The number of hydrogen-bond donors (Lipinski definition) is 2. The molecule has 0 aliphatic heterocycles. The molecule has 16 heavy (non-hydrogen) atoms. The summed E-state index contributed by atoms with van der Waals surface area (Å²) in [6.45, 7) is 0. The molecule has 0 spiro atoms. The monoisotopic (exact) mass is 227 g/mol. The van der Waals surface area contributed by atoms with E-state index in [4.69, 9.17) is 5.73 Å². The van der Waals surface area contributed by atoms with Crippen molar-refractivity contribution in [3.8, 4) is 0 Å². The van der Waals surface area contributed by atoms with Gasteiger partial charge in [0.25, 0.3) is 0 Å². The second kappa shape index (κ2) is 5.58. The lowest BCUT2D eigenvalue weighted by atomic mass is 10.0. The molecule has 4 nitrogen and oxygen atoms in total. The lowest BCUT2D eigenvalue weighted by Gasteiger charge is -2.16. The highest BCUT2D eigenvalue weighted by Crippen LogP contribution is 2.07. The third-order valence-corrected chi connectivity index (χ3v) is 2.23. The number of carbonyl (C=O) groups is 1. The number of hydrogen-bond acceptors (Lipinski definition) is 4. The van der Waals surface area contributed by atoms with Gasteiger partial charge in [-0.2, -0.15) is 0 Å². The van der Waals surface area contributed by atoms with E-state index in [1.165, 1.54) is 19.2 Å². The highest BCUT2D eigenvalue weighted by atomic mass is 19.1. The SMILES string of the molecule is COC(=O)C(O)[C@H](N)Cc1ccc(F)cc1. The van der Waals surface area contributed by atoms with E-state index in [1.807, 2.05) is 0 Å². The van der Waals surface area contributed by atoms with Crippen LogP contribution in [-0.2, 0) is 16.0 Å². The van der Waals surface area contributed by atoms with Crippen LogP contribution in [0.3, 0.4) is 0 Å². The quantitative estimate of drug-likeness (QED) is 0.722. The number of esters is 1. The Morgan fingerprint density at radius 1 is 1.50 bits per heavy atom. The van der Waals surface area contributed by atoms with Gasteiger partial charge in [-0.3, -0.25) is 0 Å². The highest BCUT2D eigenvalue weighted by molar-refractivity contribution is 5.75. The van der Waals surface area contributed by atoms with Gasteiger partial charge in [-0.05, 0) is 24.1 Å². The standard InChI is InChI=1S/C11H14FNO3/c1-16-11(15)10(14)9(13)6-7-2-4-8(12)5-3-7/h2-5,9-10,14H,6,13H2,1H3/t9-,10?/m1/s1. The van der Waals surface area contributed by atoms with E-state index in [-0.39, 0.29) is 12.2 Å². The molecule has 2 atom stereocenters. The molecule has 0 saturated heterocycles. The Hall–Kier alpha value is -1.46. The number of rotatable bonds is 4. The van der Waals surface area contributed by atoms with Crippen LogP contribution in [0, 0.1) is 5.82 Å². The number of aliphatic hydroxyl groups is 1. The molecular formula is C11H14FNO3. The Morgan fingerprint density at radius 3 is 2.56 bits per heavy atom. The van der Waals surface area contributed by atoms with Gasteiger partial charge in [0, 0.05) is 6.04 Å². The summed E-state index contributed by atoms with van der Waals surface area (Å²) in [6, 6.07) is 4.94. The molecule has 1 unspecified atom stereocenters. The minimum Gasteiger partial charge on any atom is -0.467 e. The van der Waals surface area contributed by atoms with Crippen molar-refractivity contribution in [1.82, 2.24) is 0 Å². The number of halogens is 1. The Labute approximate surface area is 92.8 Å². The van der Waals surface area contributed by atoms with E-state index in [0.29, 0.717) is 0 Å². The van der Waals surface area contributed by atoms with Gasteiger partial charge in [0.15, 0.2) is 6.10 Å². The van der Waals surface area contributed by atoms with Crippen molar-refractivity contribution in [3.63, 3.8) is 0 Å². The highest BCUT2D eigenvalue weighted by Gasteiger charge is 2.23. The summed E-state index contributed by atoms with van der Waals surface area (Å²) in [4.78, 5) is 11.0. The first-order chi connectivity index (χ1) is 7.54. The van der Waals surface area contributed by atoms with Crippen LogP contribution in [0.5, 0.6) is 0 Å². The summed E-state index contributed by atoms with van der Waals surface area (Å²) in [5.41, 5.74) is 6.37. The molecule has 0 aromatic heterocycles. The fraction of sp³-hybridized carbons (Fsp3) is 0.364. The van der Waals surface area contributed by atoms with Gasteiger partial charge in [-0.25, -0.2) is 9.18 Å². The first-order valence-electron chi connectivity index (χ1n) is 4.80.